The van der Waals surface area contributed by atoms with Gasteiger partial charge in [-0.3, -0.25) is 14.5 Å². The number of hydrogen-bond donors (Lipinski definition) is 1. The normalized spacial score (nSPS) is 17.3. The van der Waals surface area contributed by atoms with E-state index in [2.05, 4.69) is 9.71 Å². The van der Waals surface area contributed by atoms with Gasteiger partial charge in [-0.2, -0.15) is 0 Å². The van der Waals surface area contributed by atoms with Crippen LogP contribution in [0.25, 0.3) is 0 Å². The molecule has 0 saturated carbocycles. The quantitative estimate of drug-likeness (QED) is 0.536. The van der Waals surface area contributed by atoms with Crippen LogP contribution in [0.5, 0.6) is 11.5 Å². The smallest absolute Gasteiger partial charge is 0.306 e. The molecule has 0 atom stereocenters. The first kappa shape index (κ1) is 20.5. The number of fused-ring (bicyclic) bond motifs is 2. The van der Waals surface area contributed by atoms with E-state index in [1.165, 1.54) is 6.07 Å². The minimum Gasteiger partial charge on any atom is -0.486 e. The molecule has 2 aliphatic heterocycles. The van der Waals surface area contributed by atoms with Crippen LogP contribution in [0, 0.1) is 0 Å². The van der Waals surface area contributed by atoms with E-state index in [1.54, 1.807) is 30.3 Å². The Hall–Kier alpha value is -2.78. The molecule has 8 nitrogen and oxygen atoms in total. The van der Waals surface area contributed by atoms with Gasteiger partial charge in [-0.25, -0.2) is 8.42 Å². The van der Waals surface area contributed by atoms with Crippen molar-refractivity contribution in [1.29, 1.82) is 0 Å². The molecule has 1 N–H and O–H groups in total. The number of nitrogens with one attached hydrogen (secondary N) is 1. The minimum absolute atomic E-state index is 0.0664. The molecule has 10 heteroatoms. The number of rotatable bonds is 6. The molecule has 2 aromatic carbocycles. The summed E-state index contributed by atoms with van der Waals surface area (Å²) in [5.41, 5.74) is 1.24. The molecule has 4 rings (SSSR count). The predicted molar refractivity (Wildman–Crippen MR) is 110 cm³/mol. The first-order valence-corrected chi connectivity index (χ1v) is 11.2. The Morgan fingerprint density at radius 3 is 2.87 bits per heavy atom. The van der Waals surface area contributed by atoms with Crippen molar-refractivity contribution in [2.45, 2.75) is 24.3 Å². The lowest BCUT2D eigenvalue weighted by atomic mass is 10.2. The number of amidine groups is 1. The lowest BCUT2D eigenvalue weighted by Crippen LogP contribution is -2.22. The number of nitrogens with zero attached hydrogens (tertiary/aromatic N) is 1. The molecule has 0 fully saturated rings. The second-order valence-corrected chi connectivity index (χ2v) is 8.76. The summed E-state index contributed by atoms with van der Waals surface area (Å²) >= 11 is 6.17. The highest BCUT2D eigenvalue weighted by Crippen LogP contribution is 2.38. The third-order valence-electron chi connectivity index (χ3n) is 4.53. The van der Waals surface area contributed by atoms with E-state index in [9.17, 15) is 13.2 Å². The first-order valence-electron chi connectivity index (χ1n) is 9.34. The van der Waals surface area contributed by atoms with Crippen molar-refractivity contribution in [1.82, 2.24) is 4.72 Å². The maximum atomic E-state index is 12.0. The van der Waals surface area contributed by atoms with E-state index in [0.717, 1.165) is 0 Å². The van der Waals surface area contributed by atoms with Crippen LogP contribution in [0.1, 0.15) is 24.0 Å². The highest BCUT2D eigenvalue weighted by Gasteiger charge is 2.29. The molecule has 0 aliphatic carbocycles. The lowest BCUT2D eigenvalue weighted by Gasteiger charge is -2.20. The predicted octanol–water partition coefficient (Wildman–Crippen LogP) is 2.67. The van der Waals surface area contributed by atoms with Crippen molar-refractivity contribution in [3.8, 4) is 11.5 Å². The summed E-state index contributed by atoms with van der Waals surface area (Å²) < 4.78 is 42.8. The average Bonchev–Trinajstić information content (AvgIpc) is 3.00. The van der Waals surface area contributed by atoms with Gasteiger partial charge in [0.1, 0.15) is 25.7 Å². The molecule has 0 saturated heterocycles. The molecular formula is C20H19ClN2O6S. The Bertz CT molecular complexity index is 1120. The van der Waals surface area contributed by atoms with Crippen molar-refractivity contribution < 1.29 is 27.4 Å². The summed E-state index contributed by atoms with van der Waals surface area (Å²) in [5, 5.41) is 0.411. The van der Waals surface area contributed by atoms with Gasteiger partial charge in [-0.05, 0) is 36.2 Å². The molecule has 30 heavy (non-hydrogen) atoms. The zero-order chi connectivity index (χ0) is 21.1. The van der Waals surface area contributed by atoms with Gasteiger partial charge in [0.05, 0.1) is 9.92 Å². The number of ether oxygens (including phenoxy) is 3. The van der Waals surface area contributed by atoms with Crippen LogP contribution in [-0.4, -0.2) is 40.0 Å². The van der Waals surface area contributed by atoms with Gasteiger partial charge in [0.25, 0.3) is 10.0 Å². The van der Waals surface area contributed by atoms with Gasteiger partial charge >= 0.3 is 5.97 Å². The largest absolute Gasteiger partial charge is 0.486 e. The number of esters is 1. The highest BCUT2D eigenvalue weighted by molar-refractivity contribution is 7.90. The minimum atomic E-state index is -3.56. The number of sulfonamides is 1. The molecule has 0 radical (unpaired) electrons. The van der Waals surface area contributed by atoms with Crippen molar-refractivity contribution in [2.24, 2.45) is 4.99 Å². The number of carbonyl (C=O) groups excluding carboxylic acids is 1. The van der Waals surface area contributed by atoms with E-state index in [4.69, 9.17) is 25.8 Å². The summed E-state index contributed by atoms with van der Waals surface area (Å²) in [6.07, 6.45) is 0.581. The molecule has 0 amide bonds. The summed E-state index contributed by atoms with van der Waals surface area (Å²) in [6.45, 7) is 1.24. The van der Waals surface area contributed by atoms with Crippen LogP contribution in [0.4, 0.5) is 0 Å². The van der Waals surface area contributed by atoms with Crippen LogP contribution in [0.2, 0.25) is 5.02 Å². The number of aliphatic imine (C=N–C) groups is 1. The fourth-order valence-corrected chi connectivity index (χ4v) is 4.69. The van der Waals surface area contributed by atoms with Crippen molar-refractivity contribution >= 4 is 33.4 Å². The Morgan fingerprint density at radius 2 is 2.00 bits per heavy atom. The summed E-state index contributed by atoms with van der Waals surface area (Å²) in [7, 11) is -3.56. The van der Waals surface area contributed by atoms with Crippen molar-refractivity contribution in [3.63, 3.8) is 0 Å². The summed E-state index contributed by atoms with van der Waals surface area (Å²) in [5.74, 6) is 0.953. The zero-order valence-electron chi connectivity index (χ0n) is 15.9. The van der Waals surface area contributed by atoms with Crippen molar-refractivity contribution in [2.75, 3.05) is 19.8 Å². The maximum Gasteiger partial charge on any atom is 0.306 e. The van der Waals surface area contributed by atoms with E-state index in [-0.39, 0.29) is 30.4 Å². The van der Waals surface area contributed by atoms with E-state index < -0.39 is 10.0 Å². The second kappa shape index (κ2) is 8.53. The third-order valence-corrected chi connectivity index (χ3v) is 6.21. The van der Waals surface area contributed by atoms with Crippen LogP contribution in [0.3, 0.4) is 0 Å². The van der Waals surface area contributed by atoms with Crippen LogP contribution in [0.15, 0.2) is 46.3 Å². The van der Waals surface area contributed by atoms with Gasteiger partial charge < -0.3 is 14.2 Å². The van der Waals surface area contributed by atoms with E-state index in [0.29, 0.717) is 53.1 Å². The molecule has 2 aromatic rings. The maximum absolute atomic E-state index is 12.0. The van der Waals surface area contributed by atoms with Crippen molar-refractivity contribution in [3.05, 3.63) is 52.5 Å². The topological polar surface area (TPSA) is 103 Å². The van der Waals surface area contributed by atoms with Gasteiger partial charge in [-0.1, -0.05) is 23.7 Å². The fourth-order valence-electron chi connectivity index (χ4n) is 3.15. The molecule has 2 heterocycles. The Kier molecular flexibility index (Phi) is 5.83. The molecule has 0 spiro atoms. The molecular weight excluding hydrogens is 432 g/mol. The Balaban J connectivity index is 1.27. The Morgan fingerprint density at radius 1 is 1.20 bits per heavy atom. The number of benzene rings is 2. The summed E-state index contributed by atoms with van der Waals surface area (Å²) in [6, 6.07) is 10.0. The number of halogens is 1. The van der Waals surface area contributed by atoms with Gasteiger partial charge in [0.2, 0.25) is 0 Å². The summed E-state index contributed by atoms with van der Waals surface area (Å²) in [4.78, 5) is 16.5. The SMILES string of the molecule is O=C(CCCN=C1NS(=O)(=O)c2ccccc21)OCc1cc(Cl)c2c(c1)OCCO2. The van der Waals surface area contributed by atoms with E-state index in [1.807, 2.05) is 0 Å². The van der Waals surface area contributed by atoms with Gasteiger partial charge in [-0.15, -0.1) is 0 Å². The second-order valence-electron chi connectivity index (χ2n) is 6.70. The fraction of sp³-hybridized carbons (Fsp3) is 0.300. The van der Waals surface area contributed by atoms with Crippen LogP contribution < -0.4 is 14.2 Å². The van der Waals surface area contributed by atoms with Gasteiger partial charge in [0.15, 0.2) is 11.5 Å². The third kappa shape index (κ3) is 4.36. The molecule has 0 unspecified atom stereocenters. The van der Waals surface area contributed by atoms with Crippen LogP contribution in [-0.2, 0) is 26.2 Å². The monoisotopic (exact) mass is 450 g/mol. The van der Waals surface area contributed by atoms with E-state index >= 15 is 0 Å². The first-order chi connectivity index (χ1) is 14.4. The molecule has 2 aliphatic rings. The zero-order valence-corrected chi connectivity index (χ0v) is 17.5. The molecule has 0 bridgehead atoms. The molecule has 158 valence electrons. The number of hydrogen-bond acceptors (Lipinski definition) is 7. The highest BCUT2D eigenvalue weighted by atomic mass is 35.5. The lowest BCUT2D eigenvalue weighted by molar-refractivity contribution is -0.145. The standard InChI is InChI=1S/C20H19ClN2O6S/c21-15-10-13(11-16-19(15)28-9-8-27-16)12-29-18(24)6-3-7-22-20-14-4-1-2-5-17(14)30(25,26)23-20/h1-2,4-5,10-11H,3,6-9,12H2,(H,22,23). The van der Waals surface area contributed by atoms with Crippen LogP contribution >= 0.6 is 11.6 Å². The number of carbonyl (C=O) groups is 1. The van der Waals surface area contributed by atoms with Gasteiger partial charge in [0, 0.05) is 18.5 Å². The average molecular weight is 451 g/mol. The molecule has 0 aromatic heterocycles. The Labute approximate surface area is 178 Å².